The van der Waals surface area contributed by atoms with Crippen molar-refractivity contribution in [3.63, 3.8) is 0 Å². The average Bonchev–Trinajstić information content (AvgIpc) is 2.35. The molecule has 1 aromatic rings. The van der Waals surface area contributed by atoms with Crippen LogP contribution in [0.2, 0.25) is 0 Å². The summed E-state index contributed by atoms with van der Waals surface area (Å²) < 4.78 is 13.0. The van der Waals surface area contributed by atoms with Crippen LogP contribution in [-0.4, -0.2) is 36.2 Å². The molecular weight excluding hydrogens is 245 g/mol. The van der Waals surface area contributed by atoms with Crippen molar-refractivity contribution in [2.75, 3.05) is 26.2 Å². The Balaban J connectivity index is 2.49. The highest BCUT2D eigenvalue weighted by Crippen LogP contribution is 2.18. The Labute approximate surface area is 114 Å². The molecule has 4 heteroatoms. The first-order chi connectivity index (χ1) is 9.02. The van der Waals surface area contributed by atoms with Gasteiger partial charge in [-0.2, -0.15) is 0 Å². The van der Waals surface area contributed by atoms with E-state index in [0.717, 1.165) is 6.54 Å². The second kappa shape index (κ2) is 8.25. The zero-order valence-corrected chi connectivity index (χ0v) is 11.7. The molecule has 0 fully saturated rings. The highest BCUT2D eigenvalue weighted by Gasteiger charge is 2.13. The maximum Gasteiger partial charge on any atom is 0.123 e. The molecule has 0 aliphatic rings. The van der Waals surface area contributed by atoms with Crippen LogP contribution >= 0.6 is 0 Å². The summed E-state index contributed by atoms with van der Waals surface area (Å²) >= 11 is 0. The largest absolute Gasteiger partial charge is 0.395 e. The fraction of sp³-hybridized carbons (Fsp3) is 0.600. The highest BCUT2D eigenvalue weighted by molar-refractivity contribution is 5.18. The van der Waals surface area contributed by atoms with Crippen LogP contribution in [0.5, 0.6) is 0 Å². The third-order valence-electron chi connectivity index (χ3n) is 2.97. The van der Waals surface area contributed by atoms with E-state index in [9.17, 15) is 9.50 Å². The molecule has 0 saturated carbocycles. The summed E-state index contributed by atoms with van der Waals surface area (Å²) in [5, 5.41) is 21.0. The molecule has 1 atom stereocenters. The summed E-state index contributed by atoms with van der Waals surface area (Å²) in [7, 11) is 0. The van der Waals surface area contributed by atoms with E-state index >= 15 is 0 Å². The number of halogens is 1. The van der Waals surface area contributed by atoms with Crippen LogP contribution in [0.1, 0.15) is 31.9 Å². The van der Waals surface area contributed by atoms with Crippen molar-refractivity contribution >= 4 is 0 Å². The number of hydrogen-bond acceptors (Lipinski definition) is 2. The number of hydrogen-bond donors (Lipinski definition) is 1. The standard InChI is InChI=1S/C15H23FNO2/c1-12(2)11-17(8-9-18)7-6-15(19)13-4-3-5-14(16)10-13/h3-5,10,12,15,18H,6-9,11H2,1-2H3. The summed E-state index contributed by atoms with van der Waals surface area (Å²) in [6, 6.07) is 5.87. The normalized spacial score (nSPS) is 13.2. The molecule has 0 bridgehead atoms. The first-order valence-electron chi connectivity index (χ1n) is 6.77. The molecule has 0 heterocycles. The van der Waals surface area contributed by atoms with Crippen LogP contribution < -0.4 is 0 Å². The lowest BCUT2D eigenvalue weighted by Crippen LogP contribution is -2.32. The Bertz CT molecular complexity index is 371. The first-order valence-corrected chi connectivity index (χ1v) is 6.77. The van der Waals surface area contributed by atoms with Gasteiger partial charge in [0, 0.05) is 19.6 Å². The van der Waals surface area contributed by atoms with Gasteiger partial charge in [-0.05, 0) is 30.0 Å². The van der Waals surface area contributed by atoms with Gasteiger partial charge in [0.15, 0.2) is 0 Å². The van der Waals surface area contributed by atoms with E-state index in [4.69, 9.17) is 5.11 Å². The van der Waals surface area contributed by atoms with Gasteiger partial charge in [0.05, 0.1) is 6.61 Å². The molecule has 19 heavy (non-hydrogen) atoms. The Morgan fingerprint density at radius 2 is 2.05 bits per heavy atom. The predicted molar refractivity (Wildman–Crippen MR) is 72.8 cm³/mol. The van der Waals surface area contributed by atoms with Gasteiger partial charge in [-0.3, -0.25) is 0 Å². The molecule has 0 aliphatic heterocycles. The Kier molecular flexibility index (Phi) is 6.99. The number of aliphatic hydroxyl groups excluding tert-OH is 1. The molecule has 107 valence electrons. The smallest absolute Gasteiger partial charge is 0.123 e. The third-order valence-corrected chi connectivity index (χ3v) is 2.97. The zero-order chi connectivity index (χ0) is 14.3. The summed E-state index contributed by atoms with van der Waals surface area (Å²) in [6.07, 6.45) is -0.486. The average molecular weight is 268 g/mol. The van der Waals surface area contributed by atoms with E-state index in [1.165, 1.54) is 12.1 Å². The number of benzene rings is 1. The van der Waals surface area contributed by atoms with Gasteiger partial charge in [-0.1, -0.05) is 26.0 Å². The number of rotatable bonds is 8. The molecule has 1 N–H and O–H groups in total. The van der Waals surface area contributed by atoms with Crippen LogP contribution in [0.15, 0.2) is 24.3 Å². The molecule has 0 spiro atoms. The van der Waals surface area contributed by atoms with Crippen molar-refractivity contribution in [1.29, 1.82) is 0 Å². The second-order valence-corrected chi connectivity index (χ2v) is 5.25. The van der Waals surface area contributed by atoms with Crippen LogP contribution in [0.25, 0.3) is 0 Å². The van der Waals surface area contributed by atoms with Gasteiger partial charge in [-0.25, -0.2) is 9.50 Å². The quantitative estimate of drug-likeness (QED) is 0.787. The minimum absolute atomic E-state index is 0.0935. The number of aliphatic hydroxyl groups is 1. The van der Waals surface area contributed by atoms with E-state index in [-0.39, 0.29) is 12.4 Å². The highest BCUT2D eigenvalue weighted by atomic mass is 19.1. The monoisotopic (exact) mass is 268 g/mol. The molecule has 1 aromatic carbocycles. The van der Waals surface area contributed by atoms with Gasteiger partial charge < -0.3 is 10.0 Å². The fourth-order valence-corrected chi connectivity index (χ4v) is 2.13. The second-order valence-electron chi connectivity index (χ2n) is 5.25. The minimum atomic E-state index is -0.913. The topological polar surface area (TPSA) is 43.4 Å². The lowest BCUT2D eigenvalue weighted by Gasteiger charge is -2.24. The van der Waals surface area contributed by atoms with E-state index < -0.39 is 6.10 Å². The third kappa shape index (κ3) is 6.14. The number of nitrogens with zero attached hydrogens (tertiary/aromatic N) is 1. The van der Waals surface area contributed by atoms with Gasteiger partial charge >= 0.3 is 0 Å². The molecule has 1 unspecified atom stereocenters. The summed E-state index contributed by atoms with van der Waals surface area (Å²) in [5.41, 5.74) is 0.494. The molecule has 0 saturated heterocycles. The lowest BCUT2D eigenvalue weighted by atomic mass is 10.1. The van der Waals surface area contributed by atoms with Crippen molar-refractivity contribution in [2.45, 2.75) is 26.4 Å². The molecule has 3 nitrogen and oxygen atoms in total. The SMILES string of the molecule is CC(C)CN(CCO)CCC([O])c1cccc(F)c1. The van der Waals surface area contributed by atoms with Crippen molar-refractivity contribution in [3.05, 3.63) is 35.6 Å². The van der Waals surface area contributed by atoms with Gasteiger partial charge in [0.2, 0.25) is 0 Å². The van der Waals surface area contributed by atoms with Crippen LogP contribution in [0.4, 0.5) is 4.39 Å². The zero-order valence-electron chi connectivity index (χ0n) is 11.7. The van der Waals surface area contributed by atoms with E-state index in [1.54, 1.807) is 12.1 Å². The van der Waals surface area contributed by atoms with Gasteiger partial charge in [0.25, 0.3) is 0 Å². The van der Waals surface area contributed by atoms with Crippen LogP contribution in [0, 0.1) is 11.7 Å². The van der Waals surface area contributed by atoms with E-state index in [2.05, 4.69) is 18.7 Å². The van der Waals surface area contributed by atoms with Crippen molar-refractivity contribution in [2.24, 2.45) is 5.92 Å². The molecule has 0 aromatic heterocycles. The lowest BCUT2D eigenvalue weighted by molar-refractivity contribution is 0.0643. The van der Waals surface area contributed by atoms with Crippen molar-refractivity contribution in [3.8, 4) is 0 Å². The molecule has 1 rings (SSSR count). The predicted octanol–water partition coefficient (Wildman–Crippen LogP) is 2.64. The van der Waals surface area contributed by atoms with E-state index in [1.807, 2.05) is 0 Å². The Hall–Kier alpha value is -0.970. The molecule has 0 aliphatic carbocycles. The van der Waals surface area contributed by atoms with Gasteiger partial charge in [0.1, 0.15) is 11.9 Å². The fourth-order valence-electron chi connectivity index (χ4n) is 2.13. The van der Waals surface area contributed by atoms with E-state index in [0.29, 0.717) is 31.0 Å². The maximum atomic E-state index is 13.0. The summed E-state index contributed by atoms with van der Waals surface area (Å²) in [4.78, 5) is 2.08. The molecule has 1 radical (unpaired) electrons. The van der Waals surface area contributed by atoms with Crippen molar-refractivity contribution < 1.29 is 14.6 Å². The molecule has 0 amide bonds. The summed E-state index contributed by atoms with van der Waals surface area (Å²) in [6.45, 7) is 6.36. The Morgan fingerprint density at radius 1 is 1.32 bits per heavy atom. The van der Waals surface area contributed by atoms with Crippen molar-refractivity contribution in [1.82, 2.24) is 4.90 Å². The Morgan fingerprint density at radius 3 is 2.63 bits per heavy atom. The maximum absolute atomic E-state index is 13.0. The first kappa shape index (κ1) is 16.1. The van der Waals surface area contributed by atoms with Crippen LogP contribution in [0.3, 0.4) is 0 Å². The van der Waals surface area contributed by atoms with Gasteiger partial charge in [-0.15, -0.1) is 0 Å². The van der Waals surface area contributed by atoms with Crippen LogP contribution in [-0.2, 0) is 5.11 Å². The minimum Gasteiger partial charge on any atom is -0.395 e. The summed E-state index contributed by atoms with van der Waals surface area (Å²) in [5.74, 6) is 0.124. The molecular formula is C15H23FNO2.